The van der Waals surface area contributed by atoms with E-state index in [1.807, 2.05) is 6.92 Å². The van der Waals surface area contributed by atoms with Crippen LogP contribution in [0.3, 0.4) is 0 Å². The van der Waals surface area contributed by atoms with Gasteiger partial charge in [-0.25, -0.2) is 18.1 Å². The largest absolute Gasteiger partial charge is 0.336 e. The molecule has 1 rings (SSSR count). The smallest absolute Gasteiger partial charge is 0.259 e. The Hall–Kier alpha value is -0.850. The lowest BCUT2D eigenvalue weighted by Crippen LogP contribution is -2.24. The van der Waals surface area contributed by atoms with E-state index in [4.69, 9.17) is 11.6 Å². The van der Waals surface area contributed by atoms with Gasteiger partial charge in [0.1, 0.15) is 0 Å². The van der Waals surface area contributed by atoms with Gasteiger partial charge >= 0.3 is 0 Å². The van der Waals surface area contributed by atoms with E-state index < -0.39 is 10.0 Å². The lowest BCUT2D eigenvalue weighted by atomic mass is 10.5. The first kappa shape index (κ1) is 13.2. The van der Waals surface area contributed by atoms with Crippen molar-refractivity contribution in [1.82, 2.24) is 14.3 Å². The minimum Gasteiger partial charge on any atom is -0.336 e. The third kappa shape index (κ3) is 3.62. The van der Waals surface area contributed by atoms with Gasteiger partial charge in [0.25, 0.3) is 10.0 Å². The van der Waals surface area contributed by atoms with Crippen molar-refractivity contribution in [3.63, 3.8) is 0 Å². The van der Waals surface area contributed by atoms with Crippen molar-refractivity contribution in [3.05, 3.63) is 24.7 Å². The molecule has 0 fully saturated rings. The number of aryl methyl sites for hydroxylation is 1. The van der Waals surface area contributed by atoms with Gasteiger partial charge < -0.3 is 4.57 Å². The van der Waals surface area contributed by atoms with Crippen LogP contribution in [0, 0.1) is 0 Å². The number of sulfonamides is 1. The Morgan fingerprint density at radius 3 is 2.88 bits per heavy atom. The molecule has 1 heterocycles. The van der Waals surface area contributed by atoms with Crippen LogP contribution in [0.4, 0.5) is 0 Å². The fraction of sp³-hybridized carbons (Fsp3) is 0.444. The van der Waals surface area contributed by atoms with E-state index in [9.17, 15) is 8.42 Å². The molecule has 0 aliphatic rings. The Morgan fingerprint density at radius 1 is 1.56 bits per heavy atom. The molecule has 0 aromatic carbocycles. The van der Waals surface area contributed by atoms with E-state index in [1.165, 1.54) is 12.5 Å². The van der Waals surface area contributed by atoms with Gasteiger partial charge in [-0.3, -0.25) is 0 Å². The molecule has 0 spiro atoms. The first-order valence-electron chi connectivity index (χ1n) is 4.82. The molecule has 5 nitrogen and oxygen atoms in total. The Kier molecular flexibility index (Phi) is 4.98. The summed E-state index contributed by atoms with van der Waals surface area (Å²) < 4.78 is 27.4. The van der Waals surface area contributed by atoms with Crippen molar-refractivity contribution in [2.24, 2.45) is 0 Å². The number of halogens is 1. The number of hydrogen-bond acceptors (Lipinski definition) is 3. The minimum absolute atomic E-state index is 0.0358. The third-order valence-electron chi connectivity index (χ3n) is 1.90. The number of allylic oxidation sites excluding steroid dienone is 1. The van der Waals surface area contributed by atoms with E-state index >= 15 is 0 Å². The maximum absolute atomic E-state index is 11.7. The Morgan fingerprint density at radius 2 is 2.31 bits per heavy atom. The molecule has 1 aromatic rings. The lowest BCUT2D eigenvalue weighted by Gasteiger charge is -2.00. The summed E-state index contributed by atoms with van der Waals surface area (Å²) in [7, 11) is -3.51. The second-order valence-electron chi connectivity index (χ2n) is 3.02. The number of nitrogens with zero attached hydrogens (tertiary/aromatic N) is 2. The third-order valence-corrected chi connectivity index (χ3v) is 3.38. The van der Waals surface area contributed by atoms with Gasteiger partial charge in [0.05, 0.1) is 6.33 Å². The van der Waals surface area contributed by atoms with Crippen molar-refractivity contribution < 1.29 is 8.42 Å². The molecule has 0 radical (unpaired) electrons. The standard InChI is InChI=1S/C9H14ClN3O2S/c1-2-13-7-9(11-8-13)16(14,15)12-6-4-3-5-10/h3-4,7-8,12H,2,5-6H2,1H3/b4-3+. The van der Waals surface area contributed by atoms with Crippen LogP contribution in [0.2, 0.25) is 0 Å². The van der Waals surface area contributed by atoms with Gasteiger partial charge in [-0.1, -0.05) is 12.2 Å². The molecule has 0 aliphatic carbocycles. The quantitative estimate of drug-likeness (QED) is 0.615. The summed E-state index contributed by atoms with van der Waals surface area (Å²) in [6.07, 6.45) is 6.31. The van der Waals surface area contributed by atoms with Crippen molar-refractivity contribution in [2.75, 3.05) is 12.4 Å². The van der Waals surface area contributed by atoms with Crippen molar-refractivity contribution in [1.29, 1.82) is 0 Å². The van der Waals surface area contributed by atoms with E-state index in [-0.39, 0.29) is 11.6 Å². The van der Waals surface area contributed by atoms with Crippen LogP contribution in [0.25, 0.3) is 0 Å². The highest BCUT2D eigenvalue weighted by Crippen LogP contribution is 2.04. The highest BCUT2D eigenvalue weighted by molar-refractivity contribution is 7.89. The summed E-state index contributed by atoms with van der Waals surface area (Å²) in [4.78, 5) is 3.82. The average Bonchev–Trinajstić information content (AvgIpc) is 2.73. The highest BCUT2D eigenvalue weighted by Gasteiger charge is 2.15. The number of nitrogens with one attached hydrogen (secondary N) is 1. The number of alkyl halides is 1. The van der Waals surface area contributed by atoms with Crippen LogP contribution in [0.5, 0.6) is 0 Å². The molecule has 0 unspecified atom stereocenters. The summed E-state index contributed by atoms with van der Waals surface area (Å²) in [5.74, 6) is 0.367. The van der Waals surface area contributed by atoms with Gasteiger partial charge in [0.15, 0.2) is 5.03 Å². The summed E-state index contributed by atoms with van der Waals surface area (Å²) in [5.41, 5.74) is 0. The summed E-state index contributed by atoms with van der Waals surface area (Å²) >= 11 is 5.41. The normalized spacial score (nSPS) is 12.4. The maximum atomic E-state index is 11.7. The van der Waals surface area contributed by atoms with Gasteiger partial charge in [0, 0.05) is 25.2 Å². The fourth-order valence-corrected chi connectivity index (χ4v) is 2.08. The predicted molar refractivity (Wildman–Crippen MR) is 62.9 cm³/mol. The topological polar surface area (TPSA) is 64.0 Å². The Labute approximate surface area is 100 Å². The summed E-state index contributed by atoms with van der Waals surface area (Å²) in [6, 6.07) is 0. The molecule has 90 valence electrons. The second kappa shape index (κ2) is 6.03. The molecule has 0 atom stereocenters. The van der Waals surface area contributed by atoms with Crippen LogP contribution in [0.15, 0.2) is 29.7 Å². The van der Waals surface area contributed by atoms with E-state index in [0.29, 0.717) is 12.4 Å². The fourth-order valence-electron chi connectivity index (χ4n) is 1.03. The van der Waals surface area contributed by atoms with Crippen molar-refractivity contribution in [2.45, 2.75) is 18.5 Å². The van der Waals surface area contributed by atoms with Crippen LogP contribution in [-0.2, 0) is 16.6 Å². The summed E-state index contributed by atoms with van der Waals surface area (Å²) in [5, 5.41) is 0.0358. The molecule has 0 saturated carbocycles. The predicted octanol–water partition coefficient (Wildman–Crippen LogP) is 0.976. The monoisotopic (exact) mass is 263 g/mol. The van der Waals surface area contributed by atoms with Crippen LogP contribution < -0.4 is 4.72 Å². The van der Waals surface area contributed by atoms with Crippen molar-refractivity contribution in [3.8, 4) is 0 Å². The molecule has 0 bridgehead atoms. The Balaban J connectivity index is 2.66. The van der Waals surface area contributed by atoms with Crippen LogP contribution >= 0.6 is 11.6 Å². The SMILES string of the molecule is CCn1cnc(S(=O)(=O)NC/C=C/CCl)c1. The zero-order chi connectivity index (χ0) is 12.0. The highest BCUT2D eigenvalue weighted by atomic mass is 35.5. The number of imidazole rings is 1. The molecule has 0 amide bonds. The van der Waals surface area contributed by atoms with Gasteiger partial charge in [0.2, 0.25) is 0 Å². The van der Waals surface area contributed by atoms with Crippen LogP contribution in [-0.4, -0.2) is 30.4 Å². The van der Waals surface area contributed by atoms with Gasteiger partial charge in [-0.05, 0) is 6.92 Å². The second-order valence-corrected chi connectivity index (χ2v) is 5.04. The molecule has 1 N–H and O–H groups in total. The number of hydrogen-bond donors (Lipinski definition) is 1. The average molecular weight is 264 g/mol. The molecular formula is C9H14ClN3O2S. The van der Waals surface area contributed by atoms with Gasteiger partial charge in [-0.15, -0.1) is 11.6 Å². The van der Waals surface area contributed by atoms with Gasteiger partial charge in [-0.2, -0.15) is 0 Å². The summed E-state index contributed by atoms with van der Waals surface area (Å²) in [6.45, 7) is 2.82. The first-order chi connectivity index (χ1) is 7.60. The lowest BCUT2D eigenvalue weighted by molar-refractivity contribution is 0.582. The van der Waals surface area contributed by atoms with E-state index in [1.54, 1.807) is 16.7 Å². The molecule has 1 aromatic heterocycles. The maximum Gasteiger partial charge on any atom is 0.259 e. The molecule has 16 heavy (non-hydrogen) atoms. The van der Waals surface area contributed by atoms with E-state index in [0.717, 1.165) is 0 Å². The van der Waals surface area contributed by atoms with Crippen LogP contribution in [0.1, 0.15) is 6.92 Å². The first-order valence-corrected chi connectivity index (χ1v) is 6.84. The minimum atomic E-state index is -3.51. The number of aromatic nitrogens is 2. The number of rotatable bonds is 6. The zero-order valence-corrected chi connectivity index (χ0v) is 10.5. The molecule has 0 saturated heterocycles. The molecule has 7 heteroatoms. The van der Waals surface area contributed by atoms with E-state index in [2.05, 4.69) is 9.71 Å². The molecule has 0 aliphatic heterocycles. The Bertz CT molecular complexity index is 453. The zero-order valence-electron chi connectivity index (χ0n) is 8.93. The molecular weight excluding hydrogens is 250 g/mol. The van der Waals surface area contributed by atoms with Crippen molar-refractivity contribution >= 4 is 21.6 Å².